The number of aliphatic hydroxyl groups excluding tert-OH is 1. The standard InChI is InChI=1S/C18H15F2N3O2/c19-12-5-13(14(9-24)15(20)6-12)11-3-4-17-21-16(8-23(17)7-11)22-18(25)10-1-2-10/h3-8,10,24H,1-2,9H2,(H,22,25). The van der Waals surface area contributed by atoms with Gasteiger partial charge in [0.05, 0.1) is 12.8 Å². The van der Waals surface area contributed by atoms with Crippen molar-refractivity contribution in [3.05, 3.63) is 53.9 Å². The number of pyridine rings is 1. The lowest BCUT2D eigenvalue weighted by Gasteiger charge is -2.09. The average Bonchev–Trinajstić information content (AvgIpc) is 3.34. The van der Waals surface area contributed by atoms with E-state index in [-0.39, 0.29) is 23.0 Å². The molecule has 7 heteroatoms. The maximum atomic E-state index is 13.9. The summed E-state index contributed by atoms with van der Waals surface area (Å²) in [5.41, 5.74) is 1.44. The number of carbonyl (C=O) groups is 1. The highest BCUT2D eigenvalue weighted by molar-refractivity contribution is 5.93. The van der Waals surface area contributed by atoms with Crippen molar-refractivity contribution < 1.29 is 18.7 Å². The minimum atomic E-state index is -0.791. The topological polar surface area (TPSA) is 66.6 Å². The van der Waals surface area contributed by atoms with Gasteiger partial charge in [0.1, 0.15) is 17.3 Å². The Morgan fingerprint density at radius 1 is 1.28 bits per heavy atom. The molecular formula is C18H15F2N3O2. The van der Waals surface area contributed by atoms with Crippen LogP contribution in [0.3, 0.4) is 0 Å². The molecule has 0 aliphatic heterocycles. The van der Waals surface area contributed by atoms with Gasteiger partial charge in [0.2, 0.25) is 5.91 Å². The third-order valence-electron chi connectivity index (χ3n) is 4.28. The van der Waals surface area contributed by atoms with Gasteiger partial charge in [-0.05, 0) is 42.2 Å². The minimum Gasteiger partial charge on any atom is -0.392 e. The fourth-order valence-electron chi connectivity index (χ4n) is 2.81. The first-order chi connectivity index (χ1) is 12.0. The Morgan fingerprint density at radius 3 is 2.80 bits per heavy atom. The Morgan fingerprint density at radius 2 is 2.08 bits per heavy atom. The average molecular weight is 343 g/mol. The summed E-state index contributed by atoms with van der Waals surface area (Å²) in [6.45, 7) is -0.536. The zero-order chi connectivity index (χ0) is 17.6. The molecule has 1 saturated carbocycles. The molecule has 2 heterocycles. The number of anilines is 1. The third-order valence-corrected chi connectivity index (χ3v) is 4.28. The highest BCUT2D eigenvalue weighted by Gasteiger charge is 2.30. The van der Waals surface area contributed by atoms with Gasteiger partial charge < -0.3 is 14.8 Å². The Balaban J connectivity index is 1.73. The van der Waals surface area contributed by atoms with E-state index < -0.39 is 18.2 Å². The summed E-state index contributed by atoms with van der Waals surface area (Å²) in [6.07, 6.45) is 5.10. The van der Waals surface area contributed by atoms with Crippen molar-refractivity contribution >= 4 is 17.4 Å². The number of hydrogen-bond donors (Lipinski definition) is 2. The molecule has 0 bridgehead atoms. The number of amides is 1. The second kappa shape index (κ2) is 5.93. The Labute approximate surface area is 141 Å². The lowest BCUT2D eigenvalue weighted by molar-refractivity contribution is -0.117. The van der Waals surface area contributed by atoms with Crippen LogP contribution >= 0.6 is 0 Å². The fourth-order valence-corrected chi connectivity index (χ4v) is 2.81. The zero-order valence-electron chi connectivity index (χ0n) is 13.2. The molecule has 1 fully saturated rings. The second-order valence-electron chi connectivity index (χ2n) is 6.14. The number of rotatable bonds is 4. The number of nitrogens with one attached hydrogen (secondary N) is 1. The van der Waals surface area contributed by atoms with Crippen molar-refractivity contribution in [2.45, 2.75) is 19.4 Å². The maximum Gasteiger partial charge on any atom is 0.228 e. The van der Waals surface area contributed by atoms with Crippen LogP contribution in [0.5, 0.6) is 0 Å². The van der Waals surface area contributed by atoms with Crippen LogP contribution in [0.2, 0.25) is 0 Å². The van der Waals surface area contributed by atoms with Crippen LogP contribution in [0.1, 0.15) is 18.4 Å². The van der Waals surface area contributed by atoms with E-state index in [9.17, 15) is 18.7 Å². The smallest absolute Gasteiger partial charge is 0.228 e. The minimum absolute atomic E-state index is 0.0307. The molecule has 0 spiro atoms. The molecule has 1 aliphatic rings. The SMILES string of the molecule is O=C(Nc1cn2cc(-c3cc(F)cc(F)c3CO)ccc2n1)C1CC1. The quantitative estimate of drug-likeness (QED) is 0.765. The molecule has 3 aromatic rings. The monoisotopic (exact) mass is 343 g/mol. The first kappa shape index (κ1) is 15.7. The van der Waals surface area contributed by atoms with Crippen LogP contribution in [-0.2, 0) is 11.4 Å². The van der Waals surface area contributed by atoms with Gasteiger partial charge in [-0.2, -0.15) is 0 Å². The summed E-state index contributed by atoms with van der Waals surface area (Å²) < 4.78 is 29.1. The molecule has 1 aromatic carbocycles. The first-order valence-electron chi connectivity index (χ1n) is 7.94. The molecule has 2 N–H and O–H groups in total. The van der Waals surface area contributed by atoms with Crippen LogP contribution in [0.25, 0.3) is 16.8 Å². The highest BCUT2D eigenvalue weighted by Crippen LogP contribution is 2.31. The summed E-state index contributed by atoms with van der Waals surface area (Å²) >= 11 is 0. The molecule has 1 aliphatic carbocycles. The Kier molecular flexibility index (Phi) is 3.73. The summed E-state index contributed by atoms with van der Waals surface area (Å²) in [7, 11) is 0. The van der Waals surface area contributed by atoms with Crippen molar-refractivity contribution in [1.82, 2.24) is 9.38 Å². The molecule has 128 valence electrons. The maximum absolute atomic E-state index is 13.9. The summed E-state index contributed by atoms with van der Waals surface area (Å²) in [5.74, 6) is -1.04. The van der Waals surface area contributed by atoms with E-state index in [0.717, 1.165) is 18.9 Å². The lowest BCUT2D eigenvalue weighted by atomic mass is 10.0. The van der Waals surface area contributed by atoms with Gasteiger partial charge in [0.15, 0.2) is 5.82 Å². The number of carbonyl (C=O) groups excluding carboxylic acids is 1. The molecule has 5 nitrogen and oxygen atoms in total. The fraction of sp³-hybridized carbons (Fsp3) is 0.222. The van der Waals surface area contributed by atoms with Gasteiger partial charge in [-0.3, -0.25) is 4.79 Å². The zero-order valence-corrected chi connectivity index (χ0v) is 13.2. The number of benzene rings is 1. The van der Waals surface area contributed by atoms with E-state index in [2.05, 4.69) is 10.3 Å². The molecule has 1 amide bonds. The van der Waals surface area contributed by atoms with Crippen molar-refractivity contribution in [1.29, 1.82) is 0 Å². The molecule has 2 aromatic heterocycles. The predicted molar refractivity (Wildman–Crippen MR) is 87.8 cm³/mol. The number of imidazole rings is 1. The second-order valence-corrected chi connectivity index (χ2v) is 6.14. The highest BCUT2D eigenvalue weighted by atomic mass is 19.1. The Hall–Kier alpha value is -2.80. The first-order valence-corrected chi connectivity index (χ1v) is 7.94. The van der Waals surface area contributed by atoms with Crippen LogP contribution < -0.4 is 5.32 Å². The molecule has 0 atom stereocenters. The number of halogens is 2. The number of aliphatic hydroxyl groups is 1. The molecular weight excluding hydrogens is 328 g/mol. The van der Waals surface area contributed by atoms with E-state index in [4.69, 9.17) is 0 Å². The normalized spacial score (nSPS) is 14.0. The number of fused-ring (bicyclic) bond motifs is 1. The van der Waals surface area contributed by atoms with Gasteiger partial charge in [0, 0.05) is 23.7 Å². The van der Waals surface area contributed by atoms with Gasteiger partial charge in [0.25, 0.3) is 0 Å². The van der Waals surface area contributed by atoms with E-state index in [0.29, 0.717) is 17.0 Å². The Bertz CT molecular complexity index is 980. The van der Waals surface area contributed by atoms with Crippen LogP contribution in [0, 0.1) is 17.6 Å². The van der Waals surface area contributed by atoms with Gasteiger partial charge in [-0.1, -0.05) is 0 Å². The van der Waals surface area contributed by atoms with Gasteiger partial charge in [-0.15, -0.1) is 0 Å². The summed E-state index contributed by atoms with van der Waals surface area (Å²) in [4.78, 5) is 16.1. The molecule has 0 unspecified atom stereocenters. The van der Waals surface area contributed by atoms with E-state index in [1.54, 1.807) is 28.9 Å². The molecule has 0 saturated heterocycles. The van der Waals surface area contributed by atoms with Gasteiger partial charge >= 0.3 is 0 Å². The predicted octanol–water partition coefficient (Wildman–Crippen LogP) is 3.12. The number of aromatic nitrogens is 2. The molecule has 0 radical (unpaired) electrons. The third kappa shape index (κ3) is 2.98. The van der Waals surface area contributed by atoms with Gasteiger partial charge in [-0.25, -0.2) is 13.8 Å². The number of hydrogen-bond acceptors (Lipinski definition) is 3. The lowest BCUT2D eigenvalue weighted by Crippen LogP contribution is -2.13. The van der Waals surface area contributed by atoms with E-state index in [1.165, 1.54) is 6.07 Å². The van der Waals surface area contributed by atoms with Crippen LogP contribution in [0.15, 0.2) is 36.7 Å². The van der Waals surface area contributed by atoms with E-state index in [1.807, 2.05) is 0 Å². The molecule has 4 rings (SSSR count). The largest absolute Gasteiger partial charge is 0.392 e. The summed E-state index contributed by atoms with van der Waals surface area (Å²) in [6, 6.07) is 5.28. The number of nitrogens with zero attached hydrogens (tertiary/aromatic N) is 2. The van der Waals surface area contributed by atoms with Crippen molar-refractivity contribution in [3.63, 3.8) is 0 Å². The van der Waals surface area contributed by atoms with Crippen molar-refractivity contribution in [2.24, 2.45) is 5.92 Å². The van der Waals surface area contributed by atoms with Crippen LogP contribution in [-0.4, -0.2) is 20.4 Å². The van der Waals surface area contributed by atoms with Crippen LogP contribution in [0.4, 0.5) is 14.6 Å². The molecule has 25 heavy (non-hydrogen) atoms. The van der Waals surface area contributed by atoms with Crippen molar-refractivity contribution in [3.8, 4) is 11.1 Å². The summed E-state index contributed by atoms with van der Waals surface area (Å²) in [5, 5.41) is 12.2. The van der Waals surface area contributed by atoms with E-state index >= 15 is 0 Å². The van der Waals surface area contributed by atoms with Crippen molar-refractivity contribution in [2.75, 3.05) is 5.32 Å².